The molecule has 29 heavy (non-hydrogen) atoms. The molecule has 2 fully saturated rings. The van der Waals surface area contributed by atoms with Gasteiger partial charge in [0, 0.05) is 36.0 Å². The van der Waals surface area contributed by atoms with Crippen LogP contribution in [-0.4, -0.2) is 78.6 Å². The number of hydrogen-bond acceptors (Lipinski definition) is 3. The number of aromatic nitrogens is 1. The minimum atomic E-state index is -0.381. The van der Waals surface area contributed by atoms with Gasteiger partial charge < -0.3 is 24.4 Å². The Morgan fingerprint density at radius 3 is 2.83 bits per heavy atom. The summed E-state index contributed by atoms with van der Waals surface area (Å²) in [6.45, 7) is 7.62. The molecule has 5 rings (SSSR count). The van der Waals surface area contributed by atoms with Crippen molar-refractivity contribution in [3.8, 4) is 0 Å². The average Bonchev–Trinajstić information content (AvgIpc) is 3.11. The Labute approximate surface area is 170 Å². The molecule has 0 bridgehead atoms. The highest BCUT2D eigenvalue weighted by Gasteiger charge is 2.46. The lowest BCUT2D eigenvalue weighted by Crippen LogP contribution is -3.14. The van der Waals surface area contributed by atoms with Crippen LogP contribution in [0.15, 0.2) is 24.3 Å². The first-order valence-electron chi connectivity index (χ1n) is 10.7. The van der Waals surface area contributed by atoms with Crippen LogP contribution in [0.5, 0.6) is 0 Å². The van der Waals surface area contributed by atoms with Crippen LogP contribution in [0, 0.1) is 0 Å². The van der Waals surface area contributed by atoms with Crippen LogP contribution < -0.4 is 4.90 Å². The molecule has 0 radical (unpaired) electrons. The number of carbonyl (C=O) groups is 2. The van der Waals surface area contributed by atoms with Crippen LogP contribution in [0.2, 0.25) is 0 Å². The van der Waals surface area contributed by atoms with E-state index >= 15 is 0 Å². The zero-order chi connectivity index (χ0) is 20.0. The van der Waals surface area contributed by atoms with Crippen LogP contribution in [-0.2, 0) is 20.7 Å². The summed E-state index contributed by atoms with van der Waals surface area (Å²) in [5.41, 5.74) is 3.34. The second kappa shape index (κ2) is 7.46. The van der Waals surface area contributed by atoms with Crippen molar-refractivity contribution in [3.63, 3.8) is 0 Å². The summed E-state index contributed by atoms with van der Waals surface area (Å²) in [5, 5.41) is 1.17. The Balaban J connectivity index is 1.33. The quantitative estimate of drug-likeness (QED) is 0.771. The molecule has 4 heterocycles. The Morgan fingerprint density at radius 2 is 2.00 bits per heavy atom. The molecule has 2 N–H and O–H groups in total. The number of fused-ring (bicyclic) bond motifs is 4. The Kier molecular flexibility index (Phi) is 4.80. The maximum Gasteiger partial charge on any atom is 0.246 e. The van der Waals surface area contributed by atoms with Gasteiger partial charge in [0.1, 0.15) is 19.1 Å². The summed E-state index contributed by atoms with van der Waals surface area (Å²) in [6, 6.07) is 7.72. The molecule has 7 nitrogen and oxygen atoms in total. The molecule has 3 aliphatic rings. The van der Waals surface area contributed by atoms with E-state index in [1.54, 1.807) is 4.90 Å². The highest BCUT2D eigenvalue weighted by Crippen LogP contribution is 2.38. The zero-order valence-corrected chi connectivity index (χ0v) is 16.9. The largest absolute Gasteiger partial charge is 0.370 e. The fraction of sp³-hybridized carbons (Fsp3) is 0.545. The van der Waals surface area contributed by atoms with E-state index in [0.29, 0.717) is 13.0 Å². The Hall–Kier alpha value is -2.38. The van der Waals surface area contributed by atoms with Gasteiger partial charge >= 0.3 is 0 Å². The third kappa shape index (κ3) is 3.22. The van der Waals surface area contributed by atoms with Crippen LogP contribution in [0.3, 0.4) is 0 Å². The van der Waals surface area contributed by atoms with E-state index in [0.717, 1.165) is 50.5 Å². The number of carbonyl (C=O) groups excluding carboxylic acids is 2. The van der Waals surface area contributed by atoms with Gasteiger partial charge in [-0.2, -0.15) is 0 Å². The molecular formula is C22H29N4O3+. The molecule has 2 aromatic rings. The number of ether oxygens (including phenoxy) is 1. The number of para-hydroxylation sites is 1. The predicted octanol–water partition coefficient (Wildman–Crippen LogP) is 0.130. The smallest absolute Gasteiger partial charge is 0.246 e. The number of amides is 2. The minimum Gasteiger partial charge on any atom is -0.370 e. The summed E-state index contributed by atoms with van der Waals surface area (Å²) in [5.74, 6) is 0.162. The van der Waals surface area contributed by atoms with Crippen LogP contribution >= 0.6 is 0 Å². The van der Waals surface area contributed by atoms with E-state index in [4.69, 9.17) is 4.74 Å². The number of aromatic amines is 1. The molecule has 1 aromatic heterocycles. The summed E-state index contributed by atoms with van der Waals surface area (Å²) in [6.07, 6.45) is 1.52. The zero-order valence-electron chi connectivity index (χ0n) is 16.9. The van der Waals surface area contributed by atoms with E-state index in [1.807, 2.05) is 24.0 Å². The number of morpholine rings is 1. The van der Waals surface area contributed by atoms with Gasteiger partial charge in [-0.05, 0) is 18.6 Å². The summed E-state index contributed by atoms with van der Waals surface area (Å²) < 4.78 is 5.41. The molecule has 154 valence electrons. The Bertz CT molecular complexity index is 933. The van der Waals surface area contributed by atoms with Crippen LogP contribution in [0.1, 0.15) is 30.6 Å². The molecule has 0 spiro atoms. The number of H-pyrrole nitrogens is 1. The van der Waals surface area contributed by atoms with Gasteiger partial charge in [-0.15, -0.1) is 0 Å². The lowest BCUT2D eigenvalue weighted by molar-refractivity contribution is -0.908. The van der Waals surface area contributed by atoms with Crippen LogP contribution in [0.25, 0.3) is 10.9 Å². The summed E-state index contributed by atoms with van der Waals surface area (Å²) >= 11 is 0. The number of rotatable bonds is 4. The van der Waals surface area contributed by atoms with Crippen molar-refractivity contribution < 1.29 is 19.2 Å². The third-order valence-corrected chi connectivity index (χ3v) is 6.78. The first-order valence-corrected chi connectivity index (χ1v) is 10.7. The first-order chi connectivity index (χ1) is 14.1. The van der Waals surface area contributed by atoms with Crippen molar-refractivity contribution in [3.05, 3.63) is 35.5 Å². The number of hydrogen-bond donors (Lipinski definition) is 2. The number of nitrogens with zero attached hydrogens (tertiary/aromatic N) is 2. The maximum absolute atomic E-state index is 13.3. The van der Waals surface area contributed by atoms with E-state index in [1.165, 1.54) is 15.8 Å². The standard InChI is InChI=1S/C22H28N4O3/c1-15-21-17(16-5-2-3-6-18(16)23-21)13-19-22(28)25(14-20(27)26(15)19)8-4-7-24-9-11-29-12-10-24/h2-3,5-6,15,19,23H,4,7-14H2,1H3/p+1/t15-,19-/m0/s1. The predicted molar refractivity (Wildman–Crippen MR) is 109 cm³/mol. The fourth-order valence-electron chi connectivity index (χ4n) is 5.25. The second-order valence-corrected chi connectivity index (χ2v) is 8.49. The average molecular weight is 397 g/mol. The normalized spacial score (nSPS) is 25.4. The maximum atomic E-state index is 13.3. The van der Waals surface area contributed by atoms with Gasteiger partial charge in [-0.1, -0.05) is 18.2 Å². The second-order valence-electron chi connectivity index (χ2n) is 8.49. The molecule has 0 saturated carbocycles. The molecule has 2 saturated heterocycles. The third-order valence-electron chi connectivity index (χ3n) is 6.78. The topological polar surface area (TPSA) is 70.1 Å². The Morgan fingerprint density at radius 1 is 1.21 bits per heavy atom. The van der Waals surface area contributed by atoms with Gasteiger partial charge in [0.25, 0.3) is 0 Å². The highest BCUT2D eigenvalue weighted by atomic mass is 16.5. The molecule has 1 aromatic carbocycles. The van der Waals surface area contributed by atoms with E-state index in [2.05, 4.69) is 17.1 Å². The number of piperazine rings is 1. The van der Waals surface area contributed by atoms with E-state index in [9.17, 15) is 9.59 Å². The van der Waals surface area contributed by atoms with Gasteiger partial charge in [0.2, 0.25) is 11.8 Å². The van der Waals surface area contributed by atoms with Crippen molar-refractivity contribution >= 4 is 22.7 Å². The van der Waals surface area contributed by atoms with Gasteiger partial charge in [-0.3, -0.25) is 9.59 Å². The highest BCUT2D eigenvalue weighted by molar-refractivity contribution is 5.97. The SMILES string of the molecule is C[C@H]1c2[nH]c3ccccc3c2C[C@H]2C(=O)N(CCC[NH+]3CCOCC3)CC(=O)N21. The monoisotopic (exact) mass is 397 g/mol. The van der Waals surface area contributed by atoms with Gasteiger partial charge in [0.15, 0.2) is 0 Å². The number of benzene rings is 1. The fourth-order valence-corrected chi connectivity index (χ4v) is 5.25. The summed E-state index contributed by atoms with van der Waals surface area (Å²) in [4.78, 5) is 34.9. The van der Waals surface area contributed by atoms with Gasteiger partial charge in [-0.25, -0.2) is 0 Å². The number of nitrogens with one attached hydrogen (secondary N) is 2. The van der Waals surface area contributed by atoms with Gasteiger partial charge in [0.05, 0.1) is 32.3 Å². The molecule has 0 aliphatic carbocycles. The van der Waals surface area contributed by atoms with Crippen molar-refractivity contribution in [1.29, 1.82) is 0 Å². The molecular weight excluding hydrogens is 368 g/mol. The first kappa shape index (κ1) is 18.6. The lowest BCUT2D eigenvalue weighted by Gasteiger charge is -2.46. The van der Waals surface area contributed by atoms with E-state index in [-0.39, 0.29) is 30.4 Å². The summed E-state index contributed by atoms with van der Waals surface area (Å²) in [7, 11) is 0. The van der Waals surface area contributed by atoms with Crippen molar-refractivity contribution in [2.75, 3.05) is 45.9 Å². The van der Waals surface area contributed by atoms with Crippen molar-refractivity contribution in [2.24, 2.45) is 0 Å². The molecule has 7 heteroatoms. The molecule has 0 unspecified atom stereocenters. The number of quaternary nitrogens is 1. The lowest BCUT2D eigenvalue weighted by atomic mass is 9.90. The molecule has 2 atom stereocenters. The van der Waals surface area contributed by atoms with Crippen LogP contribution in [0.4, 0.5) is 0 Å². The van der Waals surface area contributed by atoms with Crippen molar-refractivity contribution in [1.82, 2.24) is 14.8 Å². The molecule has 3 aliphatic heterocycles. The van der Waals surface area contributed by atoms with E-state index < -0.39 is 0 Å². The van der Waals surface area contributed by atoms with Crippen molar-refractivity contribution in [2.45, 2.75) is 31.8 Å². The molecule has 2 amide bonds. The minimum absolute atomic E-state index is 0.0603.